The first-order valence-electron chi connectivity index (χ1n) is 11.9. The molecule has 37 heavy (non-hydrogen) atoms. The van der Waals surface area contributed by atoms with Gasteiger partial charge in [-0.25, -0.2) is 4.98 Å². The maximum Gasteiger partial charge on any atom is 0.277 e. The van der Waals surface area contributed by atoms with E-state index in [4.69, 9.17) is 16.3 Å². The van der Waals surface area contributed by atoms with Crippen LogP contribution in [0.5, 0.6) is 17.2 Å². The van der Waals surface area contributed by atoms with Crippen LogP contribution >= 0.6 is 11.6 Å². The van der Waals surface area contributed by atoms with Crippen molar-refractivity contribution in [1.82, 2.24) is 19.6 Å². The number of likely N-dealkylation sites (tertiary alicyclic amines) is 1. The molecule has 2 aromatic carbocycles. The van der Waals surface area contributed by atoms with Gasteiger partial charge in [-0.2, -0.15) is 4.39 Å². The molecular formula is C27H22ClFN4O4. The Labute approximate surface area is 216 Å². The molecule has 0 saturated carbocycles. The predicted molar refractivity (Wildman–Crippen MR) is 134 cm³/mol. The molecule has 6 rings (SSSR count). The molecule has 4 aromatic rings. The number of halogens is 2. The van der Waals surface area contributed by atoms with Gasteiger partial charge in [0, 0.05) is 31.6 Å². The van der Waals surface area contributed by atoms with E-state index in [0.29, 0.717) is 22.9 Å². The molecule has 2 aromatic heterocycles. The van der Waals surface area contributed by atoms with Gasteiger partial charge in [0.25, 0.3) is 5.91 Å². The topological polar surface area (TPSA) is 96.2 Å². The van der Waals surface area contributed by atoms with Crippen LogP contribution in [0, 0.1) is 5.95 Å². The highest BCUT2D eigenvalue weighted by Crippen LogP contribution is 2.36. The summed E-state index contributed by atoms with van der Waals surface area (Å²) in [5.74, 6) is -0.955. The standard InChI is InChI=1S/C27H22ClFN4O4/c28-17-6-8-23-31-25(26(29)33(23)12-17)27(36)32-13-19-16-2-1-3-18(11-16)37-22-10-15(4-7-21(22)34)5-9-24(35)30-20(19)14-32/h1-4,6-8,10-12,19-20,34H,5,9,13-14H2,(H,30,35)/t19-,20+/m0/s1. The van der Waals surface area contributed by atoms with Crippen LogP contribution in [-0.4, -0.2) is 50.3 Å². The molecule has 2 amide bonds. The lowest BCUT2D eigenvalue weighted by molar-refractivity contribution is -0.121. The fourth-order valence-electron chi connectivity index (χ4n) is 5.00. The van der Waals surface area contributed by atoms with E-state index in [1.54, 1.807) is 36.4 Å². The lowest BCUT2D eigenvalue weighted by Crippen LogP contribution is -2.40. The van der Waals surface area contributed by atoms with Crippen molar-refractivity contribution in [2.45, 2.75) is 24.8 Å². The monoisotopic (exact) mass is 520 g/mol. The van der Waals surface area contributed by atoms with E-state index >= 15 is 4.39 Å². The van der Waals surface area contributed by atoms with Gasteiger partial charge in [0.2, 0.25) is 11.9 Å². The summed E-state index contributed by atoms with van der Waals surface area (Å²) in [4.78, 5) is 32.0. The number of aromatic hydroxyl groups is 1. The Hall–Kier alpha value is -4.11. The predicted octanol–water partition coefficient (Wildman–Crippen LogP) is 4.30. The van der Waals surface area contributed by atoms with Crippen molar-refractivity contribution >= 4 is 29.1 Å². The first kappa shape index (κ1) is 23.3. The Morgan fingerprint density at radius 2 is 2.00 bits per heavy atom. The van der Waals surface area contributed by atoms with Crippen molar-refractivity contribution in [3.8, 4) is 17.2 Å². The number of fused-ring (bicyclic) bond motifs is 7. The summed E-state index contributed by atoms with van der Waals surface area (Å²) < 4.78 is 22.2. The third-order valence-corrected chi connectivity index (χ3v) is 7.08. The third kappa shape index (κ3) is 4.35. The first-order valence-corrected chi connectivity index (χ1v) is 12.2. The fourth-order valence-corrected chi connectivity index (χ4v) is 5.16. The second kappa shape index (κ2) is 9.08. The molecule has 0 radical (unpaired) electrons. The smallest absolute Gasteiger partial charge is 0.277 e. The number of hydrogen-bond donors (Lipinski definition) is 2. The first-order chi connectivity index (χ1) is 17.9. The molecule has 188 valence electrons. The fraction of sp³-hybridized carbons (Fsp3) is 0.222. The number of amides is 2. The molecule has 4 bridgehead atoms. The average Bonchev–Trinajstić information content (AvgIpc) is 3.45. The van der Waals surface area contributed by atoms with E-state index in [9.17, 15) is 14.7 Å². The van der Waals surface area contributed by atoms with Crippen molar-refractivity contribution in [3.63, 3.8) is 0 Å². The SMILES string of the molecule is O=C1CCc2ccc(O)c(c2)Oc2cccc(c2)[C@@H]2CN(C(=O)c3nc4ccc(Cl)cn4c3F)C[C@H]2N1. The van der Waals surface area contributed by atoms with Gasteiger partial charge in [-0.3, -0.25) is 14.0 Å². The molecule has 2 aliphatic rings. The second-order valence-corrected chi connectivity index (χ2v) is 9.73. The number of nitrogens with one attached hydrogen (secondary N) is 1. The Morgan fingerprint density at radius 1 is 1.14 bits per heavy atom. The van der Waals surface area contributed by atoms with Crippen LogP contribution < -0.4 is 10.1 Å². The molecule has 2 atom stereocenters. The lowest BCUT2D eigenvalue weighted by atomic mass is 9.94. The van der Waals surface area contributed by atoms with Crippen LogP contribution in [0.2, 0.25) is 5.02 Å². The highest BCUT2D eigenvalue weighted by molar-refractivity contribution is 6.30. The van der Waals surface area contributed by atoms with E-state index in [-0.39, 0.29) is 48.4 Å². The Morgan fingerprint density at radius 3 is 2.86 bits per heavy atom. The van der Waals surface area contributed by atoms with E-state index in [0.717, 1.165) is 15.5 Å². The van der Waals surface area contributed by atoms with Crippen LogP contribution in [0.1, 0.15) is 34.0 Å². The van der Waals surface area contributed by atoms with Crippen LogP contribution in [-0.2, 0) is 11.2 Å². The summed E-state index contributed by atoms with van der Waals surface area (Å²) in [5, 5.41) is 13.7. The normalized spacial score (nSPS) is 19.3. The Balaban J connectivity index is 1.34. The number of aryl methyl sites for hydroxylation is 1. The Kier molecular flexibility index (Phi) is 5.72. The highest BCUT2D eigenvalue weighted by atomic mass is 35.5. The lowest BCUT2D eigenvalue weighted by Gasteiger charge is -2.20. The van der Waals surface area contributed by atoms with Crippen molar-refractivity contribution in [2.24, 2.45) is 0 Å². The van der Waals surface area contributed by atoms with Gasteiger partial charge >= 0.3 is 0 Å². The van der Waals surface area contributed by atoms with Crippen molar-refractivity contribution < 1.29 is 23.8 Å². The zero-order chi connectivity index (χ0) is 25.7. The maximum absolute atomic E-state index is 15.1. The van der Waals surface area contributed by atoms with E-state index in [2.05, 4.69) is 10.3 Å². The molecule has 2 aliphatic heterocycles. The van der Waals surface area contributed by atoms with E-state index in [1.807, 2.05) is 18.2 Å². The average molecular weight is 521 g/mol. The van der Waals surface area contributed by atoms with Gasteiger partial charge in [0.15, 0.2) is 17.2 Å². The van der Waals surface area contributed by atoms with Gasteiger partial charge in [-0.05, 0) is 53.9 Å². The molecule has 1 saturated heterocycles. The molecule has 4 heterocycles. The molecule has 0 unspecified atom stereocenters. The molecule has 0 spiro atoms. The minimum Gasteiger partial charge on any atom is -0.504 e. The number of rotatable bonds is 1. The van der Waals surface area contributed by atoms with Crippen LogP contribution in [0.4, 0.5) is 4.39 Å². The quantitative estimate of drug-likeness (QED) is 0.390. The maximum atomic E-state index is 15.1. The van der Waals surface area contributed by atoms with Gasteiger partial charge in [0.1, 0.15) is 11.4 Å². The molecule has 0 aliphatic carbocycles. The number of hydrogen-bond acceptors (Lipinski definition) is 5. The molecule has 2 N–H and O–H groups in total. The van der Waals surface area contributed by atoms with E-state index < -0.39 is 17.9 Å². The number of carbonyl (C=O) groups is 2. The van der Waals surface area contributed by atoms with Gasteiger partial charge in [0.05, 0.1) is 11.1 Å². The molecule has 1 fully saturated rings. The van der Waals surface area contributed by atoms with Crippen molar-refractivity contribution in [1.29, 1.82) is 0 Å². The molecule has 10 heteroatoms. The number of ether oxygens (including phenoxy) is 1. The zero-order valence-electron chi connectivity index (χ0n) is 19.5. The summed E-state index contributed by atoms with van der Waals surface area (Å²) >= 11 is 5.98. The second-order valence-electron chi connectivity index (χ2n) is 9.29. The number of benzene rings is 2. The van der Waals surface area contributed by atoms with Gasteiger partial charge < -0.3 is 20.1 Å². The Bertz CT molecular complexity index is 1550. The minimum atomic E-state index is -0.787. The van der Waals surface area contributed by atoms with Crippen molar-refractivity contribution in [2.75, 3.05) is 13.1 Å². The van der Waals surface area contributed by atoms with E-state index in [1.165, 1.54) is 11.1 Å². The number of phenolic OH excluding ortho intramolecular Hbond substituents is 1. The summed E-state index contributed by atoms with van der Waals surface area (Å²) in [7, 11) is 0. The number of carbonyl (C=O) groups excluding carboxylic acids is 2. The number of imidazole rings is 1. The number of phenols is 1. The number of pyridine rings is 1. The molecular weight excluding hydrogens is 499 g/mol. The zero-order valence-corrected chi connectivity index (χ0v) is 20.3. The third-order valence-electron chi connectivity index (χ3n) is 6.86. The summed E-state index contributed by atoms with van der Waals surface area (Å²) in [6, 6.07) is 15.1. The van der Waals surface area contributed by atoms with Crippen LogP contribution in [0.15, 0.2) is 60.8 Å². The number of aromatic nitrogens is 2. The van der Waals surface area contributed by atoms with Crippen LogP contribution in [0.3, 0.4) is 0 Å². The minimum absolute atomic E-state index is 0.000222. The highest BCUT2D eigenvalue weighted by Gasteiger charge is 2.39. The summed E-state index contributed by atoms with van der Waals surface area (Å²) in [6.07, 6.45) is 2.05. The number of nitrogens with zero attached hydrogens (tertiary/aromatic N) is 3. The van der Waals surface area contributed by atoms with Crippen molar-refractivity contribution in [3.05, 3.63) is 88.6 Å². The van der Waals surface area contributed by atoms with Gasteiger partial charge in [-0.1, -0.05) is 29.8 Å². The summed E-state index contributed by atoms with van der Waals surface area (Å²) in [6.45, 7) is 0.448. The summed E-state index contributed by atoms with van der Waals surface area (Å²) in [5.41, 5.74) is 1.67. The largest absolute Gasteiger partial charge is 0.504 e. The van der Waals surface area contributed by atoms with Gasteiger partial charge in [-0.15, -0.1) is 0 Å². The van der Waals surface area contributed by atoms with Crippen LogP contribution in [0.25, 0.3) is 5.65 Å². The molecule has 8 nitrogen and oxygen atoms in total.